The van der Waals surface area contributed by atoms with Gasteiger partial charge < -0.3 is 15.1 Å². The fraction of sp³-hybridized carbons (Fsp3) is 0.400. The van der Waals surface area contributed by atoms with E-state index in [2.05, 4.69) is 17.9 Å². The second kappa shape index (κ2) is 4.92. The third kappa shape index (κ3) is 2.18. The average Bonchev–Trinajstić information content (AvgIpc) is 2.50. The zero-order valence-corrected chi connectivity index (χ0v) is 13.8. The minimum atomic E-state index is 0.297. The summed E-state index contributed by atoms with van der Waals surface area (Å²) in [5.41, 5.74) is 5.89. The summed E-state index contributed by atoms with van der Waals surface area (Å²) in [7, 11) is 0. The highest BCUT2D eigenvalue weighted by Crippen LogP contribution is 2.53. The Bertz CT molecular complexity index is 777. The lowest BCUT2D eigenvalue weighted by Crippen LogP contribution is -2.46. The quantitative estimate of drug-likeness (QED) is 0.810. The molecule has 0 atom stereocenters. The average molecular weight is 309 g/mol. The molecule has 2 aromatic carbocycles. The van der Waals surface area contributed by atoms with Crippen LogP contribution >= 0.6 is 0 Å². The summed E-state index contributed by atoms with van der Waals surface area (Å²) >= 11 is 0. The number of phenols is 2. The van der Waals surface area contributed by atoms with E-state index in [0.29, 0.717) is 16.9 Å². The molecule has 120 valence electrons. The van der Waals surface area contributed by atoms with Gasteiger partial charge in [0.1, 0.15) is 11.5 Å². The van der Waals surface area contributed by atoms with E-state index >= 15 is 0 Å². The van der Waals surface area contributed by atoms with Gasteiger partial charge in [-0.3, -0.25) is 0 Å². The third-order valence-electron chi connectivity index (χ3n) is 5.80. The Kier molecular flexibility index (Phi) is 3.09. The molecule has 3 heteroatoms. The number of hydrogen-bond acceptors (Lipinski definition) is 3. The summed E-state index contributed by atoms with van der Waals surface area (Å²) in [6, 6.07) is 9.45. The Morgan fingerprint density at radius 3 is 2.48 bits per heavy atom. The SMILES string of the molecule is Cc1c(O)cc2c(c1C)N(c1cccc(O)c1)CC1(CCC1)C2. The maximum atomic E-state index is 10.3. The largest absolute Gasteiger partial charge is 0.508 e. The van der Waals surface area contributed by atoms with Crippen LogP contribution in [0.4, 0.5) is 11.4 Å². The molecule has 0 amide bonds. The van der Waals surface area contributed by atoms with Crippen LogP contribution < -0.4 is 4.90 Å². The van der Waals surface area contributed by atoms with Gasteiger partial charge >= 0.3 is 0 Å². The molecule has 1 spiro atoms. The van der Waals surface area contributed by atoms with Crippen LogP contribution in [-0.4, -0.2) is 16.8 Å². The van der Waals surface area contributed by atoms with Crippen LogP contribution in [0.2, 0.25) is 0 Å². The minimum Gasteiger partial charge on any atom is -0.508 e. The summed E-state index contributed by atoms with van der Waals surface area (Å²) in [6.45, 7) is 5.05. The Hall–Kier alpha value is -2.16. The Morgan fingerprint density at radius 2 is 1.83 bits per heavy atom. The summed E-state index contributed by atoms with van der Waals surface area (Å²) in [5, 5.41) is 20.2. The normalized spacial score (nSPS) is 18.6. The summed E-state index contributed by atoms with van der Waals surface area (Å²) in [4.78, 5) is 2.35. The number of anilines is 2. The molecule has 23 heavy (non-hydrogen) atoms. The standard InChI is InChI=1S/C20H23NO2/c1-13-14(2)19-15(9-18(13)23)11-20(7-4-8-20)12-21(19)16-5-3-6-17(22)10-16/h3,5-6,9-10,22-23H,4,7-8,11-12H2,1-2H3. The van der Waals surface area contributed by atoms with Gasteiger partial charge in [0.15, 0.2) is 0 Å². The molecular formula is C20H23NO2. The van der Waals surface area contributed by atoms with E-state index < -0.39 is 0 Å². The van der Waals surface area contributed by atoms with Crippen LogP contribution in [0.25, 0.3) is 0 Å². The van der Waals surface area contributed by atoms with Crippen molar-refractivity contribution >= 4 is 11.4 Å². The molecule has 1 heterocycles. The lowest BCUT2D eigenvalue weighted by atomic mass is 9.63. The van der Waals surface area contributed by atoms with E-state index in [-0.39, 0.29) is 0 Å². The fourth-order valence-corrected chi connectivity index (χ4v) is 4.23. The summed E-state index contributed by atoms with van der Waals surface area (Å²) in [6.07, 6.45) is 4.83. The predicted molar refractivity (Wildman–Crippen MR) is 92.7 cm³/mol. The highest BCUT2D eigenvalue weighted by Gasteiger charge is 2.43. The van der Waals surface area contributed by atoms with E-state index in [9.17, 15) is 10.2 Å². The van der Waals surface area contributed by atoms with Crippen LogP contribution in [0.15, 0.2) is 30.3 Å². The maximum Gasteiger partial charge on any atom is 0.119 e. The van der Waals surface area contributed by atoms with Gasteiger partial charge in [0.25, 0.3) is 0 Å². The first-order valence-electron chi connectivity index (χ1n) is 8.38. The molecule has 1 aliphatic carbocycles. The highest BCUT2D eigenvalue weighted by molar-refractivity contribution is 5.75. The van der Waals surface area contributed by atoms with Crippen LogP contribution in [0.3, 0.4) is 0 Å². The van der Waals surface area contributed by atoms with Crippen molar-refractivity contribution in [2.24, 2.45) is 5.41 Å². The second-order valence-corrected chi connectivity index (χ2v) is 7.29. The molecule has 0 radical (unpaired) electrons. The monoisotopic (exact) mass is 309 g/mol. The molecule has 1 aliphatic heterocycles. The van der Waals surface area contributed by atoms with Gasteiger partial charge in [0.2, 0.25) is 0 Å². The molecule has 0 unspecified atom stereocenters. The molecule has 2 aromatic rings. The Labute approximate surface area is 137 Å². The first kappa shape index (κ1) is 14.4. The number of aromatic hydroxyl groups is 2. The number of hydrogen-bond donors (Lipinski definition) is 2. The van der Waals surface area contributed by atoms with E-state index in [1.165, 1.54) is 30.5 Å². The van der Waals surface area contributed by atoms with E-state index in [1.54, 1.807) is 6.07 Å². The number of phenolic OH excluding ortho intramolecular Hbond substituents is 2. The predicted octanol–water partition coefficient (Wildman–Crippen LogP) is 4.58. The molecular weight excluding hydrogens is 286 g/mol. The zero-order valence-electron chi connectivity index (χ0n) is 13.8. The first-order valence-corrected chi connectivity index (χ1v) is 8.38. The molecule has 2 aliphatic rings. The van der Waals surface area contributed by atoms with Crippen LogP contribution in [0, 0.1) is 19.3 Å². The van der Waals surface area contributed by atoms with Gasteiger partial charge in [-0.1, -0.05) is 12.5 Å². The van der Waals surface area contributed by atoms with Gasteiger partial charge in [0.05, 0.1) is 0 Å². The van der Waals surface area contributed by atoms with E-state index in [0.717, 1.165) is 29.8 Å². The highest BCUT2D eigenvalue weighted by atomic mass is 16.3. The maximum absolute atomic E-state index is 10.3. The Morgan fingerprint density at radius 1 is 1.04 bits per heavy atom. The van der Waals surface area contributed by atoms with Gasteiger partial charge in [-0.05, 0) is 73.4 Å². The van der Waals surface area contributed by atoms with Gasteiger partial charge in [-0.2, -0.15) is 0 Å². The molecule has 0 bridgehead atoms. The first-order chi connectivity index (χ1) is 11.0. The minimum absolute atomic E-state index is 0.297. The van der Waals surface area contributed by atoms with Crippen molar-refractivity contribution in [3.05, 3.63) is 47.0 Å². The molecule has 2 N–H and O–H groups in total. The number of nitrogens with zero attached hydrogens (tertiary/aromatic N) is 1. The van der Waals surface area contributed by atoms with Crippen molar-refractivity contribution in [1.29, 1.82) is 0 Å². The molecule has 1 saturated carbocycles. The zero-order chi connectivity index (χ0) is 16.2. The third-order valence-corrected chi connectivity index (χ3v) is 5.80. The number of rotatable bonds is 1. The molecule has 0 aromatic heterocycles. The molecule has 0 saturated heterocycles. The lowest BCUT2D eigenvalue weighted by Gasteiger charge is -2.50. The molecule has 3 nitrogen and oxygen atoms in total. The van der Waals surface area contributed by atoms with Crippen molar-refractivity contribution in [3.8, 4) is 11.5 Å². The number of benzene rings is 2. The van der Waals surface area contributed by atoms with Gasteiger partial charge in [-0.15, -0.1) is 0 Å². The van der Waals surface area contributed by atoms with Crippen LogP contribution in [0.5, 0.6) is 11.5 Å². The van der Waals surface area contributed by atoms with Crippen molar-refractivity contribution < 1.29 is 10.2 Å². The summed E-state index contributed by atoms with van der Waals surface area (Å²) in [5.74, 6) is 0.693. The van der Waals surface area contributed by atoms with Gasteiger partial charge in [0, 0.05) is 24.0 Å². The Balaban J connectivity index is 1.91. The lowest BCUT2D eigenvalue weighted by molar-refractivity contribution is 0.138. The summed E-state index contributed by atoms with van der Waals surface area (Å²) < 4.78 is 0. The topological polar surface area (TPSA) is 43.7 Å². The molecule has 4 rings (SSSR count). The van der Waals surface area contributed by atoms with Crippen molar-refractivity contribution in [3.63, 3.8) is 0 Å². The van der Waals surface area contributed by atoms with E-state index in [1.807, 2.05) is 25.1 Å². The van der Waals surface area contributed by atoms with E-state index in [4.69, 9.17) is 0 Å². The van der Waals surface area contributed by atoms with Crippen molar-refractivity contribution in [2.45, 2.75) is 39.5 Å². The van der Waals surface area contributed by atoms with Crippen molar-refractivity contribution in [2.75, 3.05) is 11.4 Å². The fourth-order valence-electron chi connectivity index (χ4n) is 4.23. The van der Waals surface area contributed by atoms with Crippen molar-refractivity contribution in [1.82, 2.24) is 0 Å². The second-order valence-electron chi connectivity index (χ2n) is 7.29. The molecule has 1 fully saturated rings. The van der Waals surface area contributed by atoms with Gasteiger partial charge in [-0.25, -0.2) is 0 Å². The van der Waals surface area contributed by atoms with Crippen LogP contribution in [0.1, 0.15) is 36.0 Å². The smallest absolute Gasteiger partial charge is 0.119 e. The van der Waals surface area contributed by atoms with Crippen LogP contribution in [-0.2, 0) is 6.42 Å². The number of fused-ring (bicyclic) bond motifs is 1.